The quantitative estimate of drug-likeness (QED) is 0.877. The Balaban J connectivity index is 2.87. The molecule has 1 N–H and O–H groups in total. The summed E-state index contributed by atoms with van der Waals surface area (Å²) in [6.07, 6.45) is 3.29. The average Bonchev–Trinajstić information content (AvgIpc) is 2.28. The highest BCUT2D eigenvalue weighted by Gasteiger charge is 2.15. The van der Waals surface area contributed by atoms with Crippen LogP contribution in [-0.4, -0.2) is 29.4 Å². The summed E-state index contributed by atoms with van der Waals surface area (Å²) >= 11 is 5.73. The highest BCUT2D eigenvalue weighted by molar-refractivity contribution is 6.30. The maximum atomic E-state index is 11.9. The van der Waals surface area contributed by atoms with E-state index in [9.17, 15) is 9.59 Å². The zero-order valence-electron chi connectivity index (χ0n) is 9.42. The molecule has 5 heteroatoms. The molecule has 0 radical (unpaired) electrons. The lowest BCUT2D eigenvalue weighted by Gasteiger charge is -2.16. The summed E-state index contributed by atoms with van der Waals surface area (Å²) in [5.74, 6) is -0.294. The van der Waals surface area contributed by atoms with Crippen LogP contribution in [0.2, 0.25) is 5.02 Å². The Kier molecular flexibility index (Phi) is 4.55. The molecule has 1 aromatic rings. The molecule has 1 heterocycles. The van der Waals surface area contributed by atoms with Crippen molar-refractivity contribution in [1.82, 2.24) is 9.88 Å². The first-order chi connectivity index (χ1) is 7.56. The molecule has 0 saturated carbocycles. The number of aromatic nitrogens is 1. The summed E-state index contributed by atoms with van der Waals surface area (Å²) in [7, 11) is 1.68. The molecule has 0 atom stereocenters. The fourth-order valence-corrected chi connectivity index (χ4v) is 1.48. The molecule has 0 aliphatic rings. The standard InChI is InChI=1S/C11H15ClN2O2/c1-3-4-5-14(2)11(16)9-6-8(12)7-13-10(9)15/h6-7H,3-5H2,1-2H3,(H,13,15). The molecule has 0 unspecified atom stereocenters. The number of halogens is 1. The predicted molar refractivity (Wildman–Crippen MR) is 63.9 cm³/mol. The number of carbonyl (C=O) groups is 1. The topological polar surface area (TPSA) is 53.2 Å². The van der Waals surface area contributed by atoms with Crippen molar-refractivity contribution >= 4 is 17.5 Å². The van der Waals surface area contributed by atoms with Crippen molar-refractivity contribution < 1.29 is 4.79 Å². The van der Waals surface area contributed by atoms with Gasteiger partial charge in [0, 0.05) is 19.8 Å². The third-order valence-electron chi connectivity index (χ3n) is 2.29. The Morgan fingerprint density at radius 3 is 2.88 bits per heavy atom. The number of hydrogen-bond acceptors (Lipinski definition) is 2. The first-order valence-electron chi connectivity index (χ1n) is 5.20. The summed E-state index contributed by atoms with van der Waals surface area (Å²) in [5.41, 5.74) is -0.316. The van der Waals surface area contributed by atoms with E-state index in [1.54, 1.807) is 7.05 Å². The Bertz CT molecular complexity index is 428. The van der Waals surface area contributed by atoms with Gasteiger partial charge in [0.15, 0.2) is 0 Å². The second kappa shape index (κ2) is 5.70. The maximum Gasteiger partial charge on any atom is 0.260 e. The number of nitrogens with zero attached hydrogens (tertiary/aromatic N) is 1. The van der Waals surface area contributed by atoms with E-state index >= 15 is 0 Å². The number of carbonyl (C=O) groups excluding carboxylic acids is 1. The predicted octanol–water partition coefficient (Wildman–Crippen LogP) is 1.90. The third-order valence-corrected chi connectivity index (χ3v) is 2.51. The van der Waals surface area contributed by atoms with E-state index < -0.39 is 5.56 Å². The second-order valence-corrected chi connectivity index (χ2v) is 4.08. The van der Waals surface area contributed by atoms with E-state index in [1.165, 1.54) is 17.2 Å². The lowest BCUT2D eigenvalue weighted by molar-refractivity contribution is 0.0791. The lowest BCUT2D eigenvalue weighted by Crippen LogP contribution is -2.32. The van der Waals surface area contributed by atoms with Crippen LogP contribution in [0.5, 0.6) is 0 Å². The Morgan fingerprint density at radius 2 is 2.25 bits per heavy atom. The van der Waals surface area contributed by atoms with Crippen LogP contribution in [0.4, 0.5) is 0 Å². The number of aromatic amines is 1. The van der Waals surface area contributed by atoms with Gasteiger partial charge in [0.1, 0.15) is 5.56 Å². The summed E-state index contributed by atoms with van der Waals surface area (Å²) in [6.45, 7) is 2.69. The molecule has 1 rings (SSSR count). The van der Waals surface area contributed by atoms with Gasteiger partial charge in [0.25, 0.3) is 11.5 Å². The zero-order valence-corrected chi connectivity index (χ0v) is 10.2. The smallest absolute Gasteiger partial charge is 0.260 e. The van der Waals surface area contributed by atoms with Gasteiger partial charge in [-0.25, -0.2) is 0 Å². The number of H-pyrrole nitrogens is 1. The minimum atomic E-state index is -0.405. The SMILES string of the molecule is CCCCN(C)C(=O)c1cc(Cl)c[nH]c1=O. The number of pyridine rings is 1. The van der Waals surface area contributed by atoms with Crippen LogP contribution >= 0.6 is 11.6 Å². The number of rotatable bonds is 4. The summed E-state index contributed by atoms with van der Waals surface area (Å²) in [4.78, 5) is 27.3. The third kappa shape index (κ3) is 3.10. The van der Waals surface area contributed by atoms with Gasteiger partial charge in [-0.1, -0.05) is 24.9 Å². The first-order valence-corrected chi connectivity index (χ1v) is 5.57. The number of nitrogens with one attached hydrogen (secondary N) is 1. The maximum absolute atomic E-state index is 11.9. The molecule has 16 heavy (non-hydrogen) atoms. The number of unbranched alkanes of at least 4 members (excludes halogenated alkanes) is 1. The number of amides is 1. The fourth-order valence-electron chi connectivity index (χ4n) is 1.32. The molecule has 88 valence electrons. The second-order valence-electron chi connectivity index (χ2n) is 3.64. The van der Waals surface area contributed by atoms with Crippen molar-refractivity contribution in [3.8, 4) is 0 Å². The van der Waals surface area contributed by atoms with E-state index in [-0.39, 0.29) is 11.5 Å². The van der Waals surface area contributed by atoms with Crippen LogP contribution in [0, 0.1) is 0 Å². The zero-order chi connectivity index (χ0) is 12.1. The van der Waals surface area contributed by atoms with Crippen molar-refractivity contribution in [1.29, 1.82) is 0 Å². The normalized spacial score (nSPS) is 10.2. The van der Waals surface area contributed by atoms with Crippen LogP contribution in [0.15, 0.2) is 17.1 Å². The first kappa shape index (κ1) is 12.8. The Labute approximate surface area is 99.2 Å². The molecule has 1 aromatic heterocycles. The van der Waals surface area contributed by atoms with E-state index in [1.807, 2.05) is 6.92 Å². The van der Waals surface area contributed by atoms with Crippen molar-refractivity contribution in [2.75, 3.05) is 13.6 Å². The van der Waals surface area contributed by atoms with E-state index in [2.05, 4.69) is 4.98 Å². The van der Waals surface area contributed by atoms with Gasteiger partial charge in [0.05, 0.1) is 5.02 Å². The summed E-state index contributed by atoms with van der Waals surface area (Å²) < 4.78 is 0. The summed E-state index contributed by atoms with van der Waals surface area (Å²) in [5, 5.41) is 0.354. The van der Waals surface area contributed by atoms with Crippen LogP contribution in [0.25, 0.3) is 0 Å². The summed E-state index contributed by atoms with van der Waals surface area (Å²) in [6, 6.07) is 1.39. The fraction of sp³-hybridized carbons (Fsp3) is 0.455. The molecule has 1 amide bonds. The van der Waals surface area contributed by atoms with E-state index in [0.717, 1.165) is 12.8 Å². The van der Waals surface area contributed by atoms with Crippen molar-refractivity contribution in [2.45, 2.75) is 19.8 Å². The molecule has 0 aliphatic carbocycles. The average molecular weight is 243 g/mol. The molecule has 0 bridgehead atoms. The van der Waals surface area contributed by atoms with Gasteiger partial charge < -0.3 is 9.88 Å². The highest BCUT2D eigenvalue weighted by Crippen LogP contribution is 2.07. The molecule has 0 aliphatic heterocycles. The van der Waals surface area contributed by atoms with Gasteiger partial charge in [-0.3, -0.25) is 9.59 Å². The minimum Gasteiger partial charge on any atom is -0.342 e. The lowest BCUT2D eigenvalue weighted by atomic mass is 10.2. The molecular weight excluding hydrogens is 228 g/mol. The highest BCUT2D eigenvalue weighted by atomic mass is 35.5. The Hall–Kier alpha value is -1.29. The van der Waals surface area contributed by atoms with Gasteiger partial charge in [-0.15, -0.1) is 0 Å². The molecule has 0 aromatic carbocycles. The monoisotopic (exact) mass is 242 g/mol. The molecule has 0 fully saturated rings. The van der Waals surface area contributed by atoms with Crippen LogP contribution in [0.3, 0.4) is 0 Å². The van der Waals surface area contributed by atoms with Crippen LogP contribution < -0.4 is 5.56 Å². The van der Waals surface area contributed by atoms with Gasteiger partial charge in [-0.05, 0) is 12.5 Å². The van der Waals surface area contributed by atoms with Gasteiger partial charge in [0.2, 0.25) is 0 Å². The van der Waals surface area contributed by atoms with Gasteiger partial charge >= 0.3 is 0 Å². The molecule has 0 spiro atoms. The minimum absolute atomic E-state index is 0.0890. The molecule has 4 nitrogen and oxygen atoms in total. The molecular formula is C11H15ClN2O2. The number of hydrogen-bond donors (Lipinski definition) is 1. The van der Waals surface area contributed by atoms with Gasteiger partial charge in [-0.2, -0.15) is 0 Å². The van der Waals surface area contributed by atoms with Crippen LogP contribution in [-0.2, 0) is 0 Å². The Morgan fingerprint density at radius 1 is 1.56 bits per heavy atom. The van der Waals surface area contributed by atoms with Crippen molar-refractivity contribution in [3.63, 3.8) is 0 Å². The van der Waals surface area contributed by atoms with Crippen molar-refractivity contribution in [3.05, 3.63) is 33.2 Å². The van der Waals surface area contributed by atoms with Crippen LogP contribution in [0.1, 0.15) is 30.1 Å². The van der Waals surface area contributed by atoms with Crippen molar-refractivity contribution in [2.24, 2.45) is 0 Å². The largest absolute Gasteiger partial charge is 0.342 e. The van der Waals surface area contributed by atoms with E-state index in [4.69, 9.17) is 11.6 Å². The molecule has 0 saturated heterocycles. The van der Waals surface area contributed by atoms with E-state index in [0.29, 0.717) is 11.6 Å².